The zero-order valence-electron chi connectivity index (χ0n) is 27.3. The predicted octanol–water partition coefficient (Wildman–Crippen LogP) is -2.68. The number of hydrogen-bond donors (Lipinski definition) is 14. The smallest absolute Gasteiger partial charge is 0.322 e. The van der Waals surface area contributed by atoms with Crippen LogP contribution < -0.4 is 39.7 Å². The Morgan fingerprint density at radius 2 is 1.00 bits per heavy atom. The van der Waals surface area contributed by atoms with Crippen LogP contribution in [0.15, 0.2) is 0 Å². The summed E-state index contributed by atoms with van der Waals surface area (Å²) >= 11 is 0. The molecule has 0 aliphatic carbocycles. The molecule has 5 atom stereocenters. The Hall–Kier alpha value is -3.01. The lowest BCUT2D eigenvalue weighted by Crippen LogP contribution is -2.37. The van der Waals surface area contributed by atoms with Crippen LogP contribution in [-0.2, 0) is 24.0 Å². The molecule has 276 valence electrons. The van der Waals surface area contributed by atoms with Gasteiger partial charge in [0.25, 0.3) is 0 Å². The molecule has 0 amide bonds. The molecule has 0 bridgehead atoms. The molecular formula is C27H61N7O12. The zero-order chi connectivity index (χ0) is 37.3. The monoisotopic (exact) mass is 675 g/mol. The van der Waals surface area contributed by atoms with Gasteiger partial charge < -0.3 is 75.5 Å². The van der Waals surface area contributed by atoms with Crippen molar-refractivity contribution in [2.45, 2.75) is 102 Å². The second kappa shape index (κ2) is 36.5. The summed E-state index contributed by atoms with van der Waals surface area (Å²) in [4.78, 5) is 50.4. The van der Waals surface area contributed by atoms with Gasteiger partial charge in [0, 0.05) is 6.61 Å². The van der Waals surface area contributed by atoms with Crippen molar-refractivity contribution in [3.8, 4) is 0 Å². The number of carboxylic acids is 5. The van der Waals surface area contributed by atoms with E-state index in [2.05, 4.69) is 5.32 Å². The molecule has 0 aromatic heterocycles. The fourth-order valence-corrected chi connectivity index (χ4v) is 2.39. The van der Waals surface area contributed by atoms with Crippen LogP contribution in [0.1, 0.15) is 72.1 Å². The first-order chi connectivity index (χ1) is 21.3. The highest BCUT2D eigenvalue weighted by Gasteiger charge is 2.15. The molecule has 0 heterocycles. The fourth-order valence-electron chi connectivity index (χ4n) is 2.39. The summed E-state index contributed by atoms with van der Waals surface area (Å²) in [5, 5.41) is 60.6. The van der Waals surface area contributed by atoms with Crippen LogP contribution in [0.5, 0.6) is 0 Å². The van der Waals surface area contributed by atoms with Crippen LogP contribution in [0.3, 0.4) is 0 Å². The van der Waals surface area contributed by atoms with Gasteiger partial charge in [-0.3, -0.25) is 24.0 Å². The number of aliphatic carboxylic acids is 5. The Bertz CT molecular complexity index is 753. The van der Waals surface area contributed by atoms with Crippen molar-refractivity contribution in [3.05, 3.63) is 0 Å². The summed E-state index contributed by atoms with van der Waals surface area (Å²) in [5.41, 5.74) is 30.8. The Morgan fingerprint density at radius 3 is 1.17 bits per heavy atom. The normalized spacial score (nSPS) is 13.2. The van der Waals surface area contributed by atoms with Crippen LogP contribution in [0.4, 0.5) is 0 Å². The minimum Gasteiger partial charge on any atom is -0.480 e. The van der Waals surface area contributed by atoms with Crippen molar-refractivity contribution in [3.63, 3.8) is 0 Å². The number of carboxylic acid groups (broad SMARTS) is 5. The summed E-state index contributed by atoms with van der Waals surface area (Å²) in [7, 11) is 0. The standard InChI is InChI=1S/C7H15NO3.2C6H14N2O2.C5H11NO2.C3H7NO3/c1-2-4-8-6(3-5-9)7(10)11;2*7-4-2-1-3-5(8)6(9)10;1-3(2)4(6)5(7)8;4-2(1-5)3(6)7/h6,8-9H,2-5H2,1H3,(H,10,11);2*5H,1-4,7-8H2,(H,9,10);3-4H,6H2,1-2H3,(H,7,8);2,5H,1,4H2,(H,6,7). The Balaban J connectivity index is -0.000000154. The van der Waals surface area contributed by atoms with Crippen molar-refractivity contribution in [1.29, 1.82) is 0 Å². The number of nitrogens with one attached hydrogen (secondary N) is 1. The second-order valence-corrected chi connectivity index (χ2v) is 10.1. The van der Waals surface area contributed by atoms with E-state index < -0.39 is 66.7 Å². The lowest BCUT2D eigenvalue weighted by atomic mass is 10.1. The molecule has 0 spiro atoms. The Morgan fingerprint density at radius 1 is 0.609 bits per heavy atom. The molecule has 0 saturated heterocycles. The third-order valence-electron chi connectivity index (χ3n) is 5.45. The molecule has 0 aliphatic heterocycles. The first-order valence-electron chi connectivity index (χ1n) is 14.8. The van der Waals surface area contributed by atoms with E-state index in [-0.39, 0.29) is 18.9 Å². The van der Waals surface area contributed by atoms with E-state index >= 15 is 0 Å². The van der Waals surface area contributed by atoms with Crippen LogP contribution in [0, 0.1) is 5.92 Å². The van der Waals surface area contributed by atoms with Crippen molar-refractivity contribution in [2.75, 3.05) is 32.8 Å². The van der Waals surface area contributed by atoms with Gasteiger partial charge in [-0.25, -0.2) is 0 Å². The van der Waals surface area contributed by atoms with E-state index in [9.17, 15) is 24.0 Å². The molecule has 46 heavy (non-hydrogen) atoms. The minimum absolute atomic E-state index is 0.0208. The van der Waals surface area contributed by atoms with Crippen LogP contribution in [0.2, 0.25) is 0 Å². The molecule has 20 N–H and O–H groups in total. The van der Waals surface area contributed by atoms with E-state index in [0.29, 0.717) is 32.5 Å². The highest BCUT2D eigenvalue weighted by atomic mass is 16.4. The predicted molar refractivity (Wildman–Crippen MR) is 172 cm³/mol. The number of unbranched alkanes of at least 4 members (excludes halogenated alkanes) is 2. The number of carbonyl (C=O) groups is 5. The zero-order valence-corrected chi connectivity index (χ0v) is 27.3. The number of rotatable bonds is 20. The molecule has 0 saturated carbocycles. The summed E-state index contributed by atoms with van der Waals surface area (Å²) in [6.07, 6.45) is 5.50. The minimum atomic E-state index is -1.18. The van der Waals surface area contributed by atoms with Crippen molar-refractivity contribution >= 4 is 29.8 Å². The van der Waals surface area contributed by atoms with Crippen LogP contribution >= 0.6 is 0 Å². The highest BCUT2D eigenvalue weighted by Crippen LogP contribution is 1.98. The maximum Gasteiger partial charge on any atom is 0.322 e. The average Bonchev–Trinajstić information content (AvgIpc) is 2.99. The van der Waals surface area contributed by atoms with Gasteiger partial charge in [-0.1, -0.05) is 33.6 Å². The maximum absolute atomic E-state index is 10.4. The molecule has 0 rings (SSSR count). The van der Waals surface area contributed by atoms with E-state index in [1.54, 1.807) is 13.8 Å². The largest absolute Gasteiger partial charge is 0.480 e. The van der Waals surface area contributed by atoms with Gasteiger partial charge in [0.2, 0.25) is 0 Å². The van der Waals surface area contributed by atoms with Crippen LogP contribution in [-0.4, -0.2) is 129 Å². The SMILES string of the molecule is CC(C)C(N)C(=O)O.CCCNC(CCO)C(=O)O.NC(CO)C(=O)O.NCCCCC(N)C(=O)O.NCCCCC(N)C(=O)O. The van der Waals surface area contributed by atoms with Gasteiger partial charge in [-0.05, 0) is 64.1 Å². The number of nitrogens with two attached hydrogens (primary N) is 6. The Kier molecular flexibility index (Phi) is 41.6. The summed E-state index contributed by atoms with van der Waals surface area (Å²) in [6.45, 7) is 6.81. The second-order valence-electron chi connectivity index (χ2n) is 10.1. The number of aliphatic hydroxyl groups is 2. The van der Waals surface area contributed by atoms with E-state index in [1.165, 1.54) is 0 Å². The first kappa shape index (κ1) is 52.5. The van der Waals surface area contributed by atoms with Gasteiger partial charge in [-0.2, -0.15) is 0 Å². The maximum atomic E-state index is 10.4. The van der Waals surface area contributed by atoms with Gasteiger partial charge in [0.15, 0.2) is 0 Å². The van der Waals surface area contributed by atoms with Gasteiger partial charge in [0.05, 0.1) is 6.61 Å². The Labute approximate surface area is 270 Å². The molecule has 0 aliphatic rings. The van der Waals surface area contributed by atoms with Gasteiger partial charge >= 0.3 is 29.8 Å². The van der Waals surface area contributed by atoms with Crippen molar-refractivity contribution < 1.29 is 59.7 Å². The number of hydrogen-bond acceptors (Lipinski definition) is 14. The summed E-state index contributed by atoms with van der Waals surface area (Å²) < 4.78 is 0. The average molecular weight is 676 g/mol. The van der Waals surface area contributed by atoms with Gasteiger partial charge in [-0.15, -0.1) is 0 Å². The molecule has 0 aromatic rings. The molecule has 0 fully saturated rings. The van der Waals surface area contributed by atoms with E-state index in [0.717, 1.165) is 32.1 Å². The molecule has 0 aromatic carbocycles. The van der Waals surface area contributed by atoms with Gasteiger partial charge in [0.1, 0.15) is 30.2 Å². The molecule has 19 nitrogen and oxygen atoms in total. The highest BCUT2D eigenvalue weighted by molar-refractivity contribution is 5.74. The molecule has 0 radical (unpaired) electrons. The van der Waals surface area contributed by atoms with E-state index in [4.69, 9.17) is 70.1 Å². The topological polar surface area (TPSA) is 395 Å². The van der Waals surface area contributed by atoms with Crippen molar-refractivity contribution in [1.82, 2.24) is 5.32 Å². The fraction of sp³-hybridized carbons (Fsp3) is 0.815. The third-order valence-corrected chi connectivity index (χ3v) is 5.45. The van der Waals surface area contributed by atoms with E-state index in [1.807, 2.05) is 6.92 Å². The lowest BCUT2D eigenvalue weighted by molar-refractivity contribution is -0.140. The molecule has 5 unspecified atom stereocenters. The number of aliphatic hydroxyl groups excluding tert-OH is 2. The first-order valence-corrected chi connectivity index (χ1v) is 14.8. The molecule has 19 heteroatoms. The lowest BCUT2D eigenvalue weighted by Gasteiger charge is -2.11. The quantitative estimate of drug-likeness (QED) is 0.0584. The van der Waals surface area contributed by atoms with Crippen molar-refractivity contribution in [2.24, 2.45) is 40.3 Å². The third kappa shape index (κ3) is 41.0. The summed E-state index contributed by atoms with van der Waals surface area (Å²) in [5.74, 6) is -4.85. The molecular weight excluding hydrogens is 614 g/mol. The van der Waals surface area contributed by atoms with Crippen LogP contribution in [0.25, 0.3) is 0 Å². The summed E-state index contributed by atoms with van der Waals surface area (Å²) in [6, 6.07) is -3.87.